The zero-order valence-electron chi connectivity index (χ0n) is 8.99. The summed E-state index contributed by atoms with van der Waals surface area (Å²) in [6.45, 7) is 0.641. The van der Waals surface area contributed by atoms with Gasteiger partial charge in [0.15, 0.2) is 6.29 Å². The van der Waals surface area contributed by atoms with Crippen molar-refractivity contribution in [2.24, 2.45) is 0 Å². The number of carbonyl (C=O) groups excluding carboxylic acids is 1. The van der Waals surface area contributed by atoms with Crippen molar-refractivity contribution in [3.8, 4) is 5.75 Å². The molecule has 0 amide bonds. The van der Waals surface area contributed by atoms with Gasteiger partial charge < -0.3 is 9.84 Å². The van der Waals surface area contributed by atoms with E-state index < -0.39 is 5.82 Å². The zero-order valence-corrected chi connectivity index (χ0v) is 8.99. The summed E-state index contributed by atoms with van der Waals surface area (Å²) < 4.78 is 18.1. The van der Waals surface area contributed by atoms with Crippen molar-refractivity contribution in [3.05, 3.63) is 29.6 Å². The minimum absolute atomic E-state index is 0.177. The van der Waals surface area contributed by atoms with Crippen LogP contribution in [0.25, 0.3) is 0 Å². The van der Waals surface area contributed by atoms with Gasteiger partial charge in [-0.3, -0.25) is 4.79 Å². The van der Waals surface area contributed by atoms with Crippen molar-refractivity contribution in [3.63, 3.8) is 0 Å². The average Bonchev–Trinajstić information content (AvgIpc) is 2.30. The smallest absolute Gasteiger partial charge is 0.153 e. The fraction of sp³-hybridized carbons (Fsp3) is 0.417. The summed E-state index contributed by atoms with van der Waals surface area (Å²) in [5.41, 5.74) is 0.224. The first-order valence-corrected chi connectivity index (χ1v) is 5.26. The van der Waals surface area contributed by atoms with Gasteiger partial charge in [-0.15, -0.1) is 0 Å². The lowest BCUT2D eigenvalue weighted by Gasteiger charge is -2.07. The molecule has 0 aliphatic heterocycles. The molecular weight excluding hydrogens is 211 g/mol. The number of hydrogen-bond donors (Lipinski definition) is 1. The van der Waals surface area contributed by atoms with Crippen LogP contribution >= 0.6 is 0 Å². The maximum atomic E-state index is 12.8. The first kappa shape index (κ1) is 12.6. The summed E-state index contributed by atoms with van der Waals surface area (Å²) >= 11 is 0. The Kier molecular flexibility index (Phi) is 5.50. The lowest BCUT2D eigenvalue weighted by molar-refractivity contribution is 0.111. The maximum absolute atomic E-state index is 12.8. The third-order valence-electron chi connectivity index (χ3n) is 2.16. The summed E-state index contributed by atoms with van der Waals surface area (Å²) in [6, 6.07) is 3.86. The second-order valence-electron chi connectivity index (χ2n) is 3.43. The Bertz CT molecular complexity index is 339. The number of aliphatic hydroxyl groups excluding tert-OH is 1. The Morgan fingerprint density at radius 1 is 1.31 bits per heavy atom. The molecule has 0 saturated heterocycles. The van der Waals surface area contributed by atoms with E-state index in [1.807, 2.05) is 0 Å². The monoisotopic (exact) mass is 226 g/mol. The highest BCUT2D eigenvalue weighted by atomic mass is 19.1. The minimum Gasteiger partial charge on any atom is -0.493 e. The van der Waals surface area contributed by atoms with Gasteiger partial charge in [0.1, 0.15) is 11.6 Å². The molecule has 0 aromatic heterocycles. The fourth-order valence-corrected chi connectivity index (χ4v) is 1.32. The molecule has 0 spiro atoms. The van der Waals surface area contributed by atoms with E-state index >= 15 is 0 Å². The predicted octanol–water partition coefficient (Wildman–Crippen LogP) is 2.18. The Balaban J connectivity index is 2.44. The van der Waals surface area contributed by atoms with Crippen molar-refractivity contribution >= 4 is 6.29 Å². The lowest BCUT2D eigenvalue weighted by Crippen LogP contribution is -2.00. The summed E-state index contributed by atoms with van der Waals surface area (Å²) in [6.07, 6.45) is 2.99. The first-order chi connectivity index (χ1) is 7.77. The quantitative estimate of drug-likeness (QED) is 0.572. The van der Waals surface area contributed by atoms with Crippen molar-refractivity contribution in [2.45, 2.75) is 19.3 Å². The van der Waals surface area contributed by atoms with Gasteiger partial charge in [-0.1, -0.05) is 0 Å². The lowest BCUT2D eigenvalue weighted by atomic mass is 10.2. The van der Waals surface area contributed by atoms with Gasteiger partial charge in [0.2, 0.25) is 0 Å². The molecule has 0 unspecified atom stereocenters. The molecular formula is C12H15FO3. The molecule has 1 N–H and O–H groups in total. The summed E-state index contributed by atoms with van der Waals surface area (Å²) in [5.74, 6) is -0.0462. The van der Waals surface area contributed by atoms with Gasteiger partial charge in [-0.25, -0.2) is 4.39 Å². The van der Waals surface area contributed by atoms with Crippen LogP contribution in [0.1, 0.15) is 29.6 Å². The minimum atomic E-state index is -0.449. The van der Waals surface area contributed by atoms with E-state index in [2.05, 4.69) is 0 Å². The van der Waals surface area contributed by atoms with Crippen LogP contribution in [0.5, 0.6) is 5.75 Å². The summed E-state index contributed by atoms with van der Waals surface area (Å²) in [5, 5.41) is 8.57. The Morgan fingerprint density at radius 3 is 2.81 bits per heavy atom. The topological polar surface area (TPSA) is 46.5 Å². The van der Waals surface area contributed by atoms with E-state index in [-0.39, 0.29) is 12.2 Å². The van der Waals surface area contributed by atoms with Crippen LogP contribution in [0.15, 0.2) is 18.2 Å². The fourth-order valence-electron chi connectivity index (χ4n) is 1.32. The largest absolute Gasteiger partial charge is 0.493 e. The highest BCUT2D eigenvalue weighted by Crippen LogP contribution is 2.18. The normalized spacial score (nSPS) is 10.1. The third kappa shape index (κ3) is 3.98. The van der Waals surface area contributed by atoms with Crippen molar-refractivity contribution in [2.75, 3.05) is 13.2 Å². The molecule has 0 aliphatic rings. The molecule has 1 aromatic carbocycles. The molecule has 0 aliphatic carbocycles. The number of carbonyl (C=O) groups is 1. The molecule has 1 aromatic rings. The number of halogens is 1. The van der Waals surface area contributed by atoms with Crippen molar-refractivity contribution in [1.82, 2.24) is 0 Å². The summed E-state index contributed by atoms with van der Waals surface area (Å²) in [7, 11) is 0. The summed E-state index contributed by atoms with van der Waals surface area (Å²) in [4.78, 5) is 10.6. The van der Waals surface area contributed by atoms with E-state index in [0.717, 1.165) is 25.3 Å². The standard InChI is InChI=1S/C12H15FO3/c13-11-4-5-12(10(8-11)9-15)16-7-3-1-2-6-14/h4-5,8-9,14H,1-3,6-7H2. The van der Waals surface area contributed by atoms with Gasteiger partial charge >= 0.3 is 0 Å². The van der Waals surface area contributed by atoms with Crippen LogP contribution in [0.4, 0.5) is 4.39 Å². The predicted molar refractivity (Wildman–Crippen MR) is 58.2 cm³/mol. The third-order valence-corrected chi connectivity index (χ3v) is 2.16. The van der Waals surface area contributed by atoms with E-state index in [1.54, 1.807) is 0 Å². The Labute approximate surface area is 93.9 Å². The molecule has 3 nitrogen and oxygen atoms in total. The molecule has 4 heteroatoms. The zero-order chi connectivity index (χ0) is 11.8. The molecule has 88 valence electrons. The Hall–Kier alpha value is -1.42. The van der Waals surface area contributed by atoms with Crippen LogP contribution in [0.2, 0.25) is 0 Å². The molecule has 0 heterocycles. The van der Waals surface area contributed by atoms with Gasteiger partial charge in [-0.2, -0.15) is 0 Å². The molecule has 16 heavy (non-hydrogen) atoms. The maximum Gasteiger partial charge on any atom is 0.153 e. The highest BCUT2D eigenvalue weighted by molar-refractivity contribution is 5.79. The van der Waals surface area contributed by atoms with Crippen molar-refractivity contribution in [1.29, 1.82) is 0 Å². The van der Waals surface area contributed by atoms with E-state index in [4.69, 9.17) is 9.84 Å². The number of aliphatic hydroxyl groups is 1. The number of ether oxygens (including phenoxy) is 1. The number of rotatable bonds is 7. The van der Waals surface area contributed by atoms with Crippen LogP contribution in [-0.4, -0.2) is 24.6 Å². The molecule has 0 atom stereocenters. The van der Waals surface area contributed by atoms with Crippen LogP contribution in [-0.2, 0) is 0 Å². The first-order valence-electron chi connectivity index (χ1n) is 5.26. The molecule has 0 radical (unpaired) electrons. The van der Waals surface area contributed by atoms with Gasteiger partial charge in [0, 0.05) is 6.61 Å². The molecule has 0 bridgehead atoms. The molecule has 1 rings (SSSR count). The van der Waals surface area contributed by atoms with Gasteiger partial charge in [-0.05, 0) is 37.5 Å². The molecule has 0 saturated carbocycles. The number of aldehydes is 1. The number of benzene rings is 1. The SMILES string of the molecule is O=Cc1cc(F)ccc1OCCCCCO. The molecule has 0 fully saturated rings. The highest BCUT2D eigenvalue weighted by Gasteiger charge is 2.04. The second-order valence-corrected chi connectivity index (χ2v) is 3.43. The van der Waals surface area contributed by atoms with E-state index in [0.29, 0.717) is 18.6 Å². The van der Waals surface area contributed by atoms with Crippen LogP contribution in [0, 0.1) is 5.82 Å². The second kappa shape index (κ2) is 6.95. The van der Waals surface area contributed by atoms with Gasteiger partial charge in [0.25, 0.3) is 0 Å². The number of unbranched alkanes of at least 4 members (excludes halogenated alkanes) is 2. The Morgan fingerprint density at radius 2 is 2.12 bits per heavy atom. The van der Waals surface area contributed by atoms with Crippen LogP contribution in [0.3, 0.4) is 0 Å². The van der Waals surface area contributed by atoms with E-state index in [9.17, 15) is 9.18 Å². The van der Waals surface area contributed by atoms with Crippen molar-refractivity contribution < 1.29 is 19.0 Å². The van der Waals surface area contributed by atoms with Crippen LogP contribution < -0.4 is 4.74 Å². The van der Waals surface area contributed by atoms with Gasteiger partial charge in [0.05, 0.1) is 12.2 Å². The van der Waals surface area contributed by atoms with E-state index in [1.165, 1.54) is 12.1 Å². The average molecular weight is 226 g/mol. The number of hydrogen-bond acceptors (Lipinski definition) is 3.